The maximum absolute atomic E-state index is 12.5. The highest BCUT2D eigenvalue weighted by molar-refractivity contribution is 5.76. The molecule has 0 radical (unpaired) electrons. The Morgan fingerprint density at radius 3 is 0.939 bits per heavy atom. The van der Waals surface area contributed by atoms with Gasteiger partial charge in [-0.3, -0.25) is 9.59 Å². The minimum atomic E-state index is -0.668. The van der Waals surface area contributed by atoms with E-state index in [1.54, 1.807) is 0 Å². The molecule has 2 atom stereocenters. The Hall–Kier alpha value is -1.92. The lowest BCUT2D eigenvalue weighted by Crippen LogP contribution is -2.45. The van der Waals surface area contributed by atoms with Crippen LogP contribution in [-0.4, -0.2) is 47.4 Å². The van der Waals surface area contributed by atoms with E-state index in [9.17, 15) is 19.8 Å². The standard InChI is InChI=1S/C76H145NO5/c1-3-5-7-9-11-13-15-17-19-21-23-33-36-40-44-48-52-56-60-64-68-74(79)73(72-78)77-75(80)69-65-61-57-53-49-45-41-37-34-31-29-27-25-24-26-28-30-32-35-39-43-47-51-55-59-63-67-71-82-76(81)70-66-62-58-54-50-46-42-38-22-20-18-16-14-12-10-8-6-4-2/h20,22,24-25,28,30,73-74,78-79H,3-19,21,23,26-27,29,31-72H2,1-2H3,(H,77,80)/b22-20-,25-24-,30-28-. The monoisotopic (exact) mass is 1150 g/mol. The Morgan fingerprint density at radius 1 is 0.341 bits per heavy atom. The molecule has 1 amide bonds. The van der Waals surface area contributed by atoms with Crippen LogP contribution in [0, 0.1) is 0 Å². The van der Waals surface area contributed by atoms with Crippen LogP contribution < -0.4 is 5.32 Å². The first-order valence-electron chi connectivity index (χ1n) is 37.2. The van der Waals surface area contributed by atoms with Crippen molar-refractivity contribution in [3.63, 3.8) is 0 Å². The second-order valence-corrected chi connectivity index (χ2v) is 25.6. The molecule has 0 saturated heterocycles. The van der Waals surface area contributed by atoms with Crippen LogP contribution in [0.3, 0.4) is 0 Å². The summed E-state index contributed by atoms with van der Waals surface area (Å²) < 4.78 is 5.50. The highest BCUT2D eigenvalue weighted by Gasteiger charge is 2.20. The van der Waals surface area contributed by atoms with Gasteiger partial charge in [-0.25, -0.2) is 0 Å². The van der Waals surface area contributed by atoms with E-state index in [0.717, 1.165) is 51.4 Å². The lowest BCUT2D eigenvalue weighted by atomic mass is 10.0. The largest absolute Gasteiger partial charge is 0.466 e. The first-order valence-corrected chi connectivity index (χ1v) is 37.2. The van der Waals surface area contributed by atoms with Crippen molar-refractivity contribution < 1.29 is 24.5 Å². The number of aliphatic hydroxyl groups excluding tert-OH is 2. The van der Waals surface area contributed by atoms with Crippen molar-refractivity contribution in [2.75, 3.05) is 13.2 Å². The van der Waals surface area contributed by atoms with Gasteiger partial charge in [0.25, 0.3) is 0 Å². The van der Waals surface area contributed by atoms with Gasteiger partial charge in [-0.1, -0.05) is 352 Å². The van der Waals surface area contributed by atoms with Gasteiger partial charge in [-0.2, -0.15) is 0 Å². The molecule has 0 rings (SSSR count). The second kappa shape index (κ2) is 71.6. The van der Waals surface area contributed by atoms with Gasteiger partial charge in [-0.05, 0) is 83.5 Å². The van der Waals surface area contributed by atoms with Crippen LogP contribution >= 0.6 is 0 Å². The number of aliphatic hydroxyl groups is 2. The highest BCUT2D eigenvalue weighted by atomic mass is 16.5. The smallest absolute Gasteiger partial charge is 0.305 e. The van der Waals surface area contributed by atoms with Gasteiger partial charge in [0.05, 0.1) is 25.4 Å². The summed E-state index contributed by atoms with van der Waals surface area (Å²) in [6.07, 6.45) is 92.0. The molecule has 0 aromatic rings. The number of carbonyl (C=O) groups excluding carboxylic acids is 2. The number of hydrogen-bond acceptors (Lipinski definition) is 5. The molecule has 0 saturated carbocycles. The van der Waals surface area contributed by atoms with Crippen molar-refractivity contribution >= 4 is 11.9 Å². The second-order valence-electron chi connectivity index (χ2n) is 25.6. The minimum Gasteiger partial charge on any atom is -0.466 e. The Bertz CT molecular complexity index is 1330. The van der Waals surface area contributed by atoms with Crippen LogP contribution in [0.2, 0.25) is 0 Å². The molecule has 6 heteroatoms. The zero-order valence-electron chi connectivity index (χ0n) is 55.5. The number of allylic oxidation sites excluding steroid dienone is 6. The zero-order valence-corrected chi connectivity index (χ0v) is 55.5. The van der Waals surface area contributed by atoms with Crippen LogP contribution in [0.25, 0.3) is 0 Å². The van der Waals surface area contributed by atoms with Crippen LogP contribution in [-0.2, 0) is 14.3 Å². The van der Waals surface area contributed by atoms with E-state index in [1.807, 2.05) is 0 Å². The third-order valence-electron chi connectivity index (χ3n) is 17.4. The molecule has 2 unspecified atom stereocenters. The molecule has 0 bridgehead atoms. The topological polar surface area (TPSA) is 95.9 Å². The van der Waals surface area contributed by atoms with Crippen LogP contribution in [0.1, 0.15) is 412 Å². The summed E-state index contributed by atoms with van der Waals surface area (Å²) in [4.78, 5) is 24.7. The normalized spacial score (nSPS) is 12.7. The van der Waals surface area contributed by atoms with Crippen molar-refractivity contribution in [2.45, 2.75) is 424 Å². The van der Waals surface area contributed by atoms with E-state index in [4.69, 9.17) is 4.74 Å². The fourth-order valence-corrected chi connectivity index (χ4v) is 11.7. The molecule has 0 aliphatic rings. The SMILES string of the molecule is CCCCCCCCC/C=C\CCCCCCCCCC(=O)OCCCCCCCCCCC/C=C\C/C=C\CCCCCCCCCCCCCC(=O)NC(CO)C(O)CCCCCCCCCCCCCCCCCCCCCC. The van der Waals surface area contributed by atoms with Gasteiger partial charge in [-0.15, -0.1) is 0 Å². The molecule has 0 aliphatic carbocycles. The lowest BCUT2D eigenvalue weighted by Gasteiger charge is -2.22. The van der Waals surface area contributed by atoms with Crippen LogP contribution in [0.4, 0.5) is 0 Å². The summed E-state index contributed by atoms with van der Waals surface area (Å²) in [5.41, 5.74) is 0. The average Bonchev–Trinajstić information content (AvgIpc) is 3.48. The third-order valence-corrected chi connectivity index (χ3v) is 17.4. The Morgan fingerprint density at radius 2 is 0.610 bits per heavy atom. The van der Waals surface area contributed by atoms with Gasteiger partial charge in [0.1, 0.15) is 0 Å². The minimum absolute atomic E-state index is 0.00847. The first kappa shape index (κ1) is 80.1. The van der Waals surface area contributed by atoms with Crippen LogP contribution in [0.5, 0.6) is 0 Å². The molecule has 0 aliphatic heterocycles. The highest BCUT2D eigenvalue weighted by Crippen LogP contribution is 2.19. The summed E-state index contributed by atoms with van der Waals surface area (Å²) in [5.74, 6) is -0.0257. The Balaban J connectivity index is 3.41. The predicted molar refractivity (Wildman–Crippen MR) is 361 cm³/mol. The van der Waals surface area contributed by atoms with Gasteiger partial charge < -0.3 is 20.3 Å². The molecule has 3 N–H and O–H groups in total. The maximum atomic E-state index is 12.5. The summed E-state index contributed by atoms with van der Waals surface area (Å²) in [6.45, 7) is 4.98. The summed E-state index contributed by atoms with van der Waals surface area (Å²) in [5, 5.41) is 23.4. The number of carbonyl (C=O) groups is 2. The van der Waals surface area contributed by atoms with Crippen molar-refractivity contribution in [3.8, 4) is 0 Å². The van der Waals surface area contributed by atoms with E-state index in [0.29, 0.717) is 25.9 Å². The summed E-state index contributed by atoms with van der Waals surface area (Å²) >= 11 is 0. The van der Waals surface area contributed by atoms with Gasteiger partial charge >= 0.3 is 5.97 Å². The number of esters is 1. The van der Waals surface area contributed by atoms with E-state index in [1.165, 1.54) is 327 Å². The predicted octanol–water partition coefficient (Wildman–Crippen LogP) is 24.3. The molecule has 82 heavy (non-hydrogen) atoms. The molecule has 0 fully saturated rings. The molecule has 0 heterocycles. The molecule has 6 nitrogen and oxygen atoms in total. The molecular formula is C76H145NO5. The zero-order chi connectivity index (χ0) is 59.2. The number of amides is 1. The van der Waals surface area contributed by atoms with Crippen LogP contribution in [0.15, 0.2) is 36.5 Å². The van der Waals surface area contributed by atoms with E-state index < -0.39 is 12.1 Å². The summed E-state index contributed by atoms with van der Waals surface area (Å²) in [6, 6.07) is -0.545. The summed E-state index contributed by atoms with van der Waals surface area (Å²) in [7, 11) is 0. The Labute approximate surface area is 513 Å². The maximum Gasteiger partial charge on any atom is 0.305 e. The third kappa shape index (κ3) is 67.2. The quantitative estimate of drug-likeness (QED) is 0.0320. The number of rotatable bonds is 70. The first-order chi connectivity index (χ1) is 40.5. The molecule has 0 aromatic carbocycles. The van der Waals surface area contributed by atoms with Crippen molar-refractivity contribution in [3.05, 3.63) is 36.5 Å². The molecule has 0 aromatic heterocycles. The van der Waals surface area contributed by atoms with Crippen molar-refractivity contribution in [1.82, 2.24) is 5.32 Å². The fraction of sp³-hybridized carbons (Fsp3) is 0.895. The fourth-order valence-electron chi connectivity index (χ4n) is 11.7. The molecule has 484 valence electrons. The number of unbranched alkanes of at least 4 members (excludes halogenated alkanes) is 53. The van der Waals surface area contributed by atoms with Gasteiger partial charge in [0, 0.05) is 12.8 Å². The number of hydrogen-bond donors (Lipinski definition) is 3. The molecular weight excluding hydrogens is 1010 g/mol. The van der Waals surface area contributed by atoms with Gasteiger partial charge in [0.15, 0.2) is 0 Å². The Kier molecular flexibility index (Phi) is 69.9. The lowest BCUT2D eigenvalue weighted by molar-refractivity contribution is -0.143. The average molecular weight is 1150 g/mol. The van der Waals surface area contributed by atoms with E-state index >= 15 is 0 Å². The number of nitrogens with one attached hydrogen (secondary N) is 1. The van der Waals surface area contributed by atoms with Gasteiger partial charge in [0.2, 0.25) is 5.91 Å². The van der Waals surface area contributed by atoms with E-state index in [-0.39, 0.29) is 18.5 Å². The van der Waals surface area contributed by atoms with Crippen molar-refractivity contribution in [2.24, 2.45) is 0 Å². The van der Waals surface area contributed by atoms with E-state index in [2.05, 4.69) is 55.6 Å². The number of ether oxygens (including phenoxy) is 1. The van der Waals surface area contributed by atoms with Crippen molar-refractivity contribution in [1.29, 1.82) is 0 Å². The molecule has 0 spiro atoms.